The van der Waals surface area contributed by atoms with Crippen molar-refractivity contribution in [2.45, 2.75) is 75.9 Å². The molecule has 7 rings (SSSR count). The van der Waals surface area contributed by atoms with Gasteiger partial charge in [-0.3, -0.25) is 5.10 Å². The second kappa shape index (κ2) is 7.19. The number of fused-ring (bicyclic) bond motifs is 2. The fourth-order valence-corrected chi connectivity index (χ4v) is 8.56. The molecule has 1 saturated heterocycles. The van der Waals surface area contributed by atoms with Crippen LogP contribution in [0.3, 0.4) is 0 Å². The van der Waals surface area contributed by atoms with Gasteiger partial charge in [0, 0.05) is 28.5 Å². The van der Waals surface area contributed by atoms with Crippen LogP contribution in [-0.2, 0) is 4.74 Å². The third-order valence-electron chi connectivity index (χ3n) is 10.7. The summed E-state index contributed by atoms with van der Waals surface area (Å²) in [6.07, 6.45) is 8.92. The van der Waals surface area contributed by atoms with Crippen LogP contribution in [0.4, 0.5) is 0 Å². The van der Waals surface area contributed by atoms with Crippen LogP contribution in [0.2, 0.25) is 0 Å². The summed E-state index contributed by atoms with van der Waals surface area (Å²) >= 11 is 0. The number of allylic oxidation sites excluding steroid dienone is 3. The van der Waals surface area contributed by atoms with E-state index in [0.717, 1.165) is 42.5 Å². The number of H-pyrrole nitrogens is 1. The van der Waals surface area contributed by atoms with Crippen LogP contribution in [0, 0.1) is 24.2 Å². The second-order valence-corrected chi connectivity index (χ2v) is 12.4. The predicted octanol–water partition coefficient (Wildman–Crippen LogP) is 4.14. The Morgan fingerprint density at radius 2 is 2.00 bits per heavy atom. The third kappa shape index (κ3) is 2.63. The van der Waals surface area contributed by atoms with Crippen LogP contribution >= 0.6 is 0 Å². The molecule has 1 saturated carbocycles. The number of likely N-dealkylation sites (N-methyl/N-ethyl adjacent to an activating group) is 1. The number of hydrogen-bond acceptors (Lipinski definition) is 5. The average Bonchev–Trinajstić information content (AvgIpc) is 3.50. The zero-order chi connectivity index (χ0) is 25.2. The van der Waals surface area contributed by atoms with E-state index >= 15 is 0 Å². The van der Waals surface area contributed by atoms with Gasteiger partial charge in [0.2, 0.25) is 0 Å². The highest BCUT2D eigenvalue weighted by Gasteiger charge is 2.68. The van der Waals surface area contributed by atoms with Gasteiger partial charge in [-0.25, -0.2) is 0 Å². The molecule has 2 unspecified atom stereocenters. The lowest BCUT2D eigenvalue weighted by molar-refractivity contribution is -0.165. The number of aliphatic hydroxyl groups is 2. The molecule has 8 atom stereocenters. The van der Waals surface area contributed by atoms with Crippen molar-refractivity contribution in [3.63, 3.8) is 0 Å². The zero-order valence-corrected chi connectivity index (χ0v) is 21.9. The number of benzene rings is 1. The van der Waals surface area contributed by atoms with E-state index in [-0.39, 0.29) is 17.1 Å². The van der Waals surface area contributed by atoms with Crippen LogP contribution in [-0.4, -0.2) is 68.9 Å². The molecule has 2 spiro atoms. The van der Waals surface area contributed by atoms with Crippen molar-refractivity contribution in [1.29, 1.82) is 0 Å². The summed E-state index contributed by atoms with van der Waals surface area (Å²) in [5, 5.41) is 30.9. The van der Waals surface area contributed by atoms with Gasteiger partial charge in [-0.1, -0.05) is 38.1 Å². The summed E-state index contributed by atoms with van der Waals surface area (Å²) in [5.74, 6) is 0.641. The van der Waals surface area contributed by atoms with E-state index in [1.54, 1.807) is 0 Å². The van der Waals surface area contributed by atoms with Crippen molar-refractivity contribution in [3.05, 3.63) is 58.8 Å². The van der Waals surface area contributed by atoms with E-state index in [2.05, 4.69) is 67.4 Å². The van der Waals surface area contributed by atoms with Crippen LogP contribution in [0.5, 0.6) is 0 Å². The van der Waals surface area contributed by atoms with Gasteiger partial charge in [0.05, 0.1) is 22.8 Å². The summed E-state index contributed by atoms with van der Waals surface area (Å²) in [6.45, 7) is 6.85. The molecule has 1 aromatic carbocycles. The first kappa shape index (κ1) is 22.9. The minimum absolute atomic E-state index is 0.0561. The number of aromatic nitrogens is 2. The van der Waals surface area contributed by atoms with Gasteiger partial charge in [-0.05, 0) is 87.0 Å². The first-order chi connectivity index (χ1) is 17.1. The van der Waals surface area contributed by atoms with E-state index in [1.165, 1.54) is 22.1 Å². The molecular weight excluding hydrogens is 450 g/mol. The lowest BCUT2D eigenvalue weighted by Crippen LogP contribution is -2.62. The van der Waals surface area contributed by atoms with Gasteiger partial charge in [0.15, 0.2) is 0 Å². The van der Waals surface area contributed by atoms with Gasteiger partial charge in [-0.15, -0.1) is 0 Å². The number of ether oxygens (including phenoxy) is 1. The topological polar surface area (TPSA) is 81.6 Å². The normalized spacial score (nSPS) is 43.1. The summed E-state index contributed by atoms with van der Waals surface area (Å²) < 4.78 is 7.29. The van der Waals surface area contributed by atoms with Gasteiger partial charge < -0.3 is 19.8 Å². The molecule has 1 aromatic heterocycles. The minimum atomic E-state index is -0.894. The van der Waals surface area contributed by atoms with Crippen molar-refractivity contribution >= 4 is 16.5 Å². The number of aromatic amines is 1. The second-order valence-electron chi connectivity index (χ2n) is 12.4. The molecule has 3 N–H and O–H groups in total. The molecule has 5 aliphatic rings. The smallest absolute Gasteiger partial charge is 0.105 e. The van der Waals surface area contributed by atoms with E-state index in [4.69, 9.17) is 4.74 Å². The van der Waals surface area contributed by atoms with Crippen molar-refractivity contribution in [2.75, 3.05) is 14.1 Å². The summed E-state index contributed by atoms with van der Waals surface area (Å²) in [4.78, 5) is 2.04. The Balaban J connectivity index is 1.33. The Morgan fingerprint density at radius 1 is 1.19 bits per heavy atom. The van der Waals surface area contributed by atoms with Crippen molar-refractivity contribution < 1.29 is 14.9 Å². The quantitative estimate of drug-likeness (QED) is 0.593. The van der Waals surface area contributed by atoms with Crippen molar-refractivity contribution in [1.82, 2.24) is 15.1 Å². The van der Waals surface area contributed by atoms with Gasteiger partial charge in [0.25, 0.3) is 0 Å². The number of nitrogens with zero attached hydrogens (tertiary/aromatic N) is 2. The number of rotatable bonds is 2. The summed E-state index contributed by atoms with van der Waals surface area (Å²) in [5.41, 5.74) is 6.00. The van der Waals surface area contributed by atoms with Gasteiger partial charge in [0.1, 0.15) is 6.10 Å². The maximum atomic E-state index is 11.2. The molecule has 2 aliphatic heterocycles. The fourth-order valence-electron chi connectivity index (χ4n) is 8.56. The van der Waals surface area contributed by atoms with Gasteiger partial charge in [-0.2, -0.15) is 5.10 Å². The van der Waals surface area contributed by atoms with Crippen LogP contribution in [0.15, 0.2) is 47.6 Å². The number of nitrogens with one attached hydrogen (secondary N) is 1. The zero-order valence-electron chi connectivity index (χ0n) is 21.9. The predicted molar refractivity (Wildman–Crippen MR) is 140 cm³/mol. The SMILES string of the molecule is Cc1[nH]nc2ccc(C3=CCC4[C@]3(C)C(C)C=C3C=C5[C@@H](O)[C@H](O)[C@@H](N(C)C)C[C@]56CC[C@@]34O6)cc12. The van der Waals surface area contributed by atoms with E-state index in [0.29, 0.717) is 11.8 Å². The van der Waals surface area contributed by atoms with Crippen molar-refractivity contribution in [3.8, 4) is 0 Å². The van der Waals surface area contributed by atoms with E-state index in [9.17, 15) is 10.2 Å². The van der Waals surface area contributed by atoms with Crippen LogP contribution in [0.25, 0.3) is 16.5 Å². The number of aliphatic hydroxyl groups excluding tert-OH is 2. The highest BCUT2D eigenvalue weighted by atomic mass is 16.5. The highest BCUT2D eigenvalue weighted by molar-refractivity contribution is 5.87. The molecular formula is C30H37N3O3. The molecule has 2 aromatic rings. The number of hydrogen-bond donors (Lipinski definition) is 3. The Bertz CT molecular complexity index is 1370. The average molecular weight is 488 g/mol. The minimum Gasteiger partial charge on any atom is -0.388 e. The Kier molecular flexibility index (Phi) is 4.58. The number of aryl methyl sites for hydroxylation is 1. The third-order valence-corrected chi connectivity index (χ3v) is 10.7. The molecule has 3 heterocycles. The first-order valence-electron chi connectivity index (χ1n) is 13.4. The van der Waals surface area contributed by atoms with E-state index in [1.807, 2.05) is 19.0 Å². The Labute approximate surface area is 212 Å². The molecule has 2 fully saturated rings. The van der Waals surface area contributed by atoms with Crippen LogP contribution in [0.1, 0.15) is 50.8 Å². The molecule has 36 heavy (non-hydrogen) atoms. The van der Waals surface area contributed by atoms with Crippen molar-refractivity contribution in [2.24, 2.45) is 17.3 Å². The lowest BCUT2D eigenvalue weighted by Gasteiger charge is -2.57. The molecule has 190 valence electrons. The fraction of sp³-hybridized carbons (Fsp3) is 0.567. The monoisotopic (exact) mass is 487 g/mol. The lowest BCUT2D eigenvalue weighted by atomic mass is 9.54. The van der Waals surface area contributed by atoms with Crippen LogP contribution < -0.4 is 0 Å². The molecule has 6 nitrogen and oxygen atoms in total. The Hall–Kier alpha value is -2.25. The maximum absolute atomic E-state index is 11.2. The summed E-state index contributed by atoms with van der Waals surface area (Å²) in [7, 11) is 3.96. The maximum Gasteiger partial charge on any atom is 0.105 e. The molecule has 2 bridgehead atoms. The largest absolute Gasteiger partial charge is 0.388 e. The Morgan fingerprint density at radius 3 is 2.78 bits per heavy atom. The molecule has 3 aliphatic carbocycles. The molecule has 0 radical (unpaired) electrons. The molecule has 6 heteroatoms. The molecule has 0 amide bonds. The summed E-state index contributed by atoms with van der Waals surface area (Å²) in [6, 6.07) is 6.52. The van der Waals surface area contributed by atoms with E-state index < -0.39 is 17.8 Å². The van der Waals surface area contributed by atoms with Gasteiger partial charge >= 0.3 is 0 Å². The first-order valence-corrected chi connectivity index (χ1v) is 13.4. The standard InChI is InChI=1S/C30H37N3O3/c1-16-12-19-14-22-26(34)27(35)24(33(4)5)15-29(22)10-11-30(19,36-29)25-9-7-21(28(16,25)3)18-6-8-23-20(13-18)17(2)31-32-23/h6-8,12-14,16,24-27,34-35H,9-11,15H2,1-5H3,(H,31,32)/t16?,24-,25?,26+,27+,28+,29+,30+/m0/s1. The highest BCUT2D eigenvalue weighted by Crippen LogP contribution is 2.69.